The van der Waals surface area contributed by atoms with Crippen LogP contribution >= 0.6 is 0 Å². The lowest BCUT2D eigenvalue weighted by molar-refractivity contribution is -0.142. The maximum Gasteiger partial charge on any atom is 0.308 e. The third kappa shape index (κ3) is 2.58. The second-order valence-electron chi connectivity index (χ2n) is 4.65. The summed E-state index contributed by atoms with van der Waals surface area (Å²) in [6.07, 6.45) is 1.43. The van der Waals surface area contributed by atoms with Crippen molar-refractivity contribution in [2.45, 2.75) is 18.9 Å². The fraction of sp³-hybridized carbons (Fsp3) is 0.462. The molecular formula is C13H17NO3. The van der Waals surface area contributed by atoms with E-state index in [0.717, 1.165) is 12.1 Å². The Hall–Kier alpha value is -1.55. The zero-order chi connectivity index (χ0) is 12.4. The first-order chi connectivity index (χ1) is 8.08. The number of likely N-dealkylation sites (N-methyl/N-ethyl adjacent to an activating group) is 1. The van der Waals surface area contributed by atoms with E-state index in [2.05, 4.69) is 4.90 Å². The predicted molar refractivity (Wildman–Crippen MR) is 64.0 cm³/mol. The van der Waals surface area contributed by atoms with E-state index in [1.807, 2.05) is 19.2 Å². The van der Waals surface area contributed by atoms with Crippen LogP contribution in [-0.4, -0.2) is 40.7 Å². The van der Waals surface area contributed by atoms with Gasteiger partial charge in [-0.15, -0.1) is 0 Å². The van der Waals surface area contributed by atoms with Gasteiger partial charge in [0, 0.05) is 6.04 Å². The number of rotatable bonds is 3. The Labute approximate surface area is 100 Å². The van der Waals surface area contributed by atoms with Gasteiger partial charge in [-0.1, -0.05) is 12.1 Å². The molecule has 4 heteroatoms. The van der Waals surface area contributed by atoms with Crippen LogP contribution in [-0.2, 0) is 11.2 Å². The van der Waals surface area contributed by atoms with E-state index in [1.165, 1.54) is 0 Å². The summed E-state index contributed by atoms with van der Waals surface area (Å²) in [6, 6.07) is 7.03. The molecule has 1 fully saturated rings. The second kappa shape index (κ2) is 4.75. The zero-order valence-electron chi connectivity index (χ0n) is 9.84. The van der Waals surface area contributed by atoms with Crippen molar-refractivity contribution in [2.24, 2.45) is 5.92 Å². The zero-order valence-corrected chi connectivity index (χ0v) is 9.84. The Balaban J connectivity index is 2.10. The van der Waals surface area contributed by atoms with Gasteiger partial charge in [-0.25, -0.2) is 0 Å². The lowest BCUT2D eigenvalue weighted by atomic mass is 9.94. The summed E-state index contributed by atoms with van der Waals surface area (Å²) in [4.78, 5) is 13.2. The highest BCUT2D eigenvalue weighted by Crippen LogP contribution is 2.26. The number of likely N-dealkylation sites (tertiary alicyclic amines) is 1. The molecule has 2 unspecified atom stereocenters. The fourth-order valence-electron chi connectivity index (χ4n) is 2.47. The van der Waals surface area contributed by atoms with Gasteiger partial charge in [0.25, 0.3) is 0 Å². The summed E-state index contributed by atoms with van der Waals surface area (Å²) in [5, 5.41) is 18.4. The van der Waals surface area contributed by atoms with Gasteiger partial charge in [-0.05, 0) is 44.1 Å². The first kappa shape index (κ1) is 11.9. The van der Waals surface area contributed by atoms with Gasteiger partial charge < -0.3 is 15.1 Å². The number of benzene rings is 1. The van der Waals surface area contributed by atoms with E-state index in [9.17, 15) is 9.90 Å². The van der Waals surface area contributed by atoms with Crippen molar-refractivity contribution in [1.82, 2.24) is 4.90 Å². The van der Waals surface area contributed by atoms with Crippen LogP contribution in [0.25, 0.3) is 0 Å². The van der Waals surface area contributed by atoms with Crippen LogP contribution in [0.5, 0.6) is 5.75 Å². The van der Waals surface area contributed by atoms with E-state index < -0.39 is 5.97 Å². The lowest BCUT2D eigenvalue weighted by Gasteiger charge is -2.22. The molecule has 2 N–H and O–H groups in total. The van der Waals surface area contributed by atoms with Crippen molar-refractivity contribution >= 4 is 5.97 Å². The highest BCUT2D eigenvalue weighted by Gasteiger charge is 2.36. The predicted octanol–water partition coefficient (Wildman–Crippen LogP) is 1.34. The number of phenols is 1. The van der Waals surface area contributed by atoms with Crippen LogP contribution in [0, 0.1) is 5.92 Å². The minimum Gasteiger partial charge on any atom is -0.508 e. The molecule has 0 spiro atoms. The van der Waals surface area contributed by atoms with Gasteiger partial charge in [0.15, 0.2) is 0 Å². The molecule has 1 aromatic rings. The number of aromatic hydroxyl groups is 1. The molecule has 0 aromatic heterocycles. The van der Waals surface area contributed by atoms with Crippen LogP contribution in [0.1, 0.15) is 12.0 Å². The summed E-state index contributed by atoms with van der Waals surface area (Å²) < 4.78 is 0. The minimum atomic E-state index is -0.710. The van der Waals surface area contributed by atoms with E-state index in [-0.39, 0.29) is 17.7 Å². The summed E-state index contributed by atoms with van der Waals surface area (Å²) in [6.45, 7) is 0.833. The first-order valence-corrected chi connectivity index (χ1v) is 5.79. The van der Waals surface area contributed by atoms with E-state index in [0.29, 0.717) is 12.8 Å². The average molecular weight is 235 g/mol. The largest absolute Gasteiger partial charge is 0.508 e. The number of carboxylic acid groups (broad SMARTS) is 1. The molecular weight excluding hydrogens is 218 g/mol. The van der Waals surface area contributed by atoms with Crippen LogP contribution < -0.4 is 0 Å². The SMILES string of the molecule is CN1CCC(C(=O)O)C1Cc1ccc(O)cc1. The van der Waals surface area contributed by atoms with Crippen molar-refractivity contribution in [1.29, 1.82) is 0 Å². The topological polar surface area (TPSA) is 60.8 Å². The molecule has 0 radical (unpaired) electrons. The smallest absolute Gasteiger partial charge is 0.308 e. The minimum absolute atomic E-state index is 0.0528. The van der Waals surface area contributed by atoms with Gasteiger partial charge in [-0.3, -0.25) is 4.79 Å². The van der Waals surface area contributed by atoms with Gasteiger partial charge in [0.05, 0.1) is 5.92 Å². The van der Waals surface area contributed by atoms with Crippen molar-refractivity contribution in [3.05, 3.63) is 29.8 Å². The van der Waals surface area contributed by atoms with Crippen LogP contribution in [0.2, 0.25) is 0 Å². The monoisotopic (exact) mass is 235 g/mol. The van der Waals surface area contributed by atoms with Gasteiger partial charge in [-0.2, -0.15) is 0 Å². The number of hydrogen-bond acceptors (Lipinski definition) is 3. The maximum atomic E-state index is 11.1. The molecule has 1 aliphatic rings. The average Bonchev–Trinajstić information content (AvgIpc) is 2.64. The number of aliphatic carboxylic acids is 1. The van der Waals surface area contributed by atoms with E-state index >= 15 is 0 Å². The van der Waals surface area contributed by atoms with Crippen molar-refractivity contribution in [3.63, 3.8) is 0 Å². The molecule has 0 amide bonds. The van der Waals surface area contributed by atoms with Crippen LogP contribution in [0.3, 0.4) is 0 Å². The quantitative estimate of drug-likeness (QED) is 0.830. The van der Waals surface area contributed by atoms with Crippen molar-refractivity contribution in [2.75, 3.05) is 13.6 Å². The van der Waals surface area contributed by atoms with E-state index in [1.54, 1.807) is 12.1 Å². The Morgan fingerprint density at radius 2 is 2.06 bits per heavy atom. The number of hydrogen-bond donors (Lipinski definition) is 2. The highest BCUT2D eigenvalue weighted by atomic mass is 16.4. The molecule has 92 valence electrons. The molecule has 0 bridgehead atoms. The van der Waals surface area contributed by atoms with E-state index in [4.69, 9.17) is 5.11 Å². The molecule has 2 rings (SSSR count). The number of phenolic OH excluding ortho intramolecular Hbond substituents is 1. The molecule has 0 aliphatic carbocycles. The van der Waals surface area contributed by atoms with Crippen LogP contribution in [0.4, 0.5) is 0 Å². The molecule has 1 aromatic carbocycles. The molecule has 0 saturated carbocycles. The number of nitrogens with zero attached hydrogens (tertiary/aromatic N) is 1. The molecule has 1 saturated heterocycles. The van der Waals surface area contributed by atoms with Gasteiger partial charge >= 0.3 is 5.97 Å². The van der Waals surface area contributed by atoms with Gasteiger partial charge in [0.1, 0.15) is 5.75 Å². The Morgan fingerprint density at radius 1 is 1.41 bits per heavy atom. The number of carbonyl (C=O) groups is 1. The molecule has 17 heavy (non-hydrogen) atoms. The Kier molecular flexibility index (Phi) is 3.33. The highest BCUT2D eigenvalue weighted by molar-refractivity contribution is 5.71. The Morgan fingerprint density at radius 3 is 2.65 bits per heavy atom. The summed E-state index contributed by atoms with van der Waals surface area (Å²) >= 11 is 0. The van der Waals surface area contributed by atoms with Crippen molar-refractivity contribution in [3.8, 4) is 5.75 Å². The fourth-order valence-corrected chi connectivity index (χ4v) is 2.47. The first-order valence-electron chi connectivity index (χ1n) is 5.79. The lowest BCUT2D eigenvalue weighted by Crippen LogP contribution is -2.34. The molecule has 1 heterocycles. The summed E-state index contributed by atoms with van der Waals surface area (Å²) in [5.74, 6) is -0.754. The number of carboxylic acids is 1. The standard InChI is InChI=1S/C13H17NO3/c1-14-7-6-11(13(16)17)12(14)8-9-2-4-10(15)5-3-9/h2-5,11-12,15H,6-8H2,1H3,(H,16,17). The Bertz CT molecular complexity index is 402. The third-order valence-corrected chi connectivity index (χ3v) is 3.52. The normalized spacial score (nSPS) is 25.0. The van der Waals surface area contributed by atoms with Crippen LogP contribution in [0.15, 0.2) is 24.3 Å². The van der Waals surface area contributed by atoms with Crippen molar-refractivity contribution < 1.29 is 15.0 Å². The summed E-state index contributed by atoms with van der Waals surface area (Å²) in [7, 11) is 1.97. The van der Waals surface area contributed by atoms with Gasteiger partial charge in [0.2, 0.25) is 0 Å². The molecule has 1 aliphatic heterocycles. The maximum absolute atomic E-state index is 11.1. The third-order valence-electron chi connectivity index (χ3n) is 3.52. The second-order valence-corrected chi connectivity index (χ2v) is 4.65. The molecule has 4 nitrogen and oxygen atoms in total. The molecule has 2 atom stereocenters. The summed E-state index contributed by atoms with van der Waals surface area (Å²) in [5.41, 5.74) is 1.06.